The number of rotatable bonds is 10. The van der Waals surface area contributed by atoms with E-state index < -0.39 is 23.3 Å². The quantitative estimate of drug-likeness (QED) is 0.577. The maximum atomic E-state index is 12.3. The number of ether oxygens (including phenoxy) is 2. The molecule has 0 aromatic rings. The molecule has 0 aromatic carbocycles. The molecule has 0 amide bonds. The summed E-state index contributed by atoms with van der Waals surface area (Å²) in [5, 5.41) is 9.56. The minimum Gasteiger partial charge on any atom is -0.466 e. The van der Waals surface area contributed by atoms with Gasteiger partial charge in [0, 0.05) is 0 Å². The Morgan fingerprint density at radius 3 is 2.14 bits per heavy atom. The summed E-state index contributed by atoms with van der Waals surface area (Å²) < 4.78 is 10.1. The molecule has 5 nitrogen and oxygen atoms in total. The molecule has 0 rings (SSSR count). The van der Waals surface area contributed by atoms with Crippen LogP contribution in [0.1, 0.15) is 60.3 Å². The second-order valence-corrected chi connectivity index (χ2v) is 5.65. The van der Waals surface area contributed by atoms with Gasteiger partial charge in [0.05, 0.1) is 37.0 Å². The van der Waals surface area contributed by atoms with Crippen molar-refractivity contribution in [2.45, 2.75) is 60.3 Å². The zero-order chi connectivity index (χ0) is 17.2. The first kappa shape index (κ1) is 20.4. The number of carbonyl (C=O) groups excluding carboxylic acids is 2. The van der Waals surface area contributed by atoms with Gasteiger partial charge in [0.1, 0.15) is 0 Å². The van der Waals surface area contributed by atoms with Crippen molar-refractivity contribution < 1.29 is 19.1 Å². The summed E-state index contributed by atoms with van der Waals surface area (Å²) in [6.07, 6.45) is 2.11. The van der Waals surface area contributed by atoms with Gasteiger partial charge in [0.25, 0.3) is 0 Å². The first-order valence-corrected chi connectivity index (χ1v) is 8.13. The Bertz CT molecular complexity index is 402. The van der Waals surface area contributed by atoms with Crippen LogP contribution in [0, 0.1) is 28.6 Å². The smallest absolute Gasteiger partial charge is 0.309 e. The highest BCUT2D eigenvalue weighted by molar-refractivity contribution is 5.80. The monoisotopic (exact) mass is 311 g/mol. The van der Waals surface area contributed by atoms with Gasteiger partial charge in [-0.25, -0.2) is 0 Å². The van der Waals surface area contributed by atoms with Crippen LogP contribution < -0.4 is 0 Å². The van der Waals surface area contributed by atoms with E-state index in [-0.39, 0.29) is 25.6 Å². The molecule has 126 valence electrons. The normalized spacial score (nSPS) is 16.0. The average Bonchev–Trinajstić information content (AvgIpc) is 2.50. The van der Waals surface area contributed by atoms with Gasteiger partial charge in [-0.3, -0.25) is 9.59 Å². The third-order valence-corrected chi connectivity index (χ3v) is 4.17. The number of nitriles is 1. The second kappa shape index (κ2) is 10.2. The van der Waals surface area contributed by atoms with Crippen molar-refractivity contribution >= 4 is 11.9 Å². The summed E-state index contributed by atoms with van der Waals surface area (Å²) in [7, 11) is 0. The number of nitrogens with zero attached hydrogens (tertiary/aromatic N) is 1. The van der Waals surface area contributed by atoms with Crippen molar-refractivity contribution in [3.8, 4) is 6.07 Å². The Morgan fingerprint density at radius 2 is 1.73 bits per heavy atom. The minimum absolute atomic E-state index is 0.0331. The fourth-order valence-electron chi connectivity index (χ4n) is 2.74. The first-order chi connectivity index (χ1) is 10.4. The van der Waals surface area contributed by atoms with Gasteiger partial charge in [-0.15, -0.1) is 0 Å². The zero-order valence-corrected chi connectivity index (χ0v) is 14.5. The predicted octanol–water partition coefficient (Wildman–Crippen LogP) is 3.48. The molecule has 0 aliphatic carbocycles. The van der Waals surface area contributed by atoms with E-state index in [0.717, 1.165) is 6.42 Å². The standard InChI is InChI=1S/C17H29NO4/c1-6-10-14(17(5,7-2)12-18)13(16(20)22-9-4)11-15(19)21-8-3/h13-14H,6-11H2,1-5H3. The maximum absolute atomic E-state index is 12.3. The van der Waals surface area contributed by atoms with Crippen LogP contribution in [0.4, 0.5) is 0 Å². The highest BCUT2D eigenvalue weighted by atomic mass is 16.5. The van der Waals surface area contributed by atoms with Gasteiger partial charge in [0.2, 0.25) is 0 Å². The van der Waals surface area contributed by atoms with Crippen LogP contribution in [-0.2, 0) is 19.1 Å². The maximum Gasteiger partial charge on any atom is 0.309 e. The van der Waals surface area contributed by atoms with Gasteiger partial charge >= 0.3 is 11.9 Å². The molecule has 3 atom stereocenters. The molecule has 0 bridgehead atoms. The summed E-state index contributed by atoms with van der Waals surface area (Å²) in [5.74, 6) is -1.69. The molecule has 0 aromatic heterocycles. The Hall–Kier alpha value is -1.57. The van der Waals surface area contributed by atoms with Gasteiger partial charge in [-0.05, 0) is 39.5 Å². The topological polar surface area (TPSA) is 76.4 Å². The van der Waals surface area contributed by atoms with Crippen LogP contribution in [0.25, 0.3) is 0 Å². The van der Waals surface area contributed by atoms with E-state index >= 15 is 0 Å². The zero-order valence-electron chi connectivity index (χ0n) is 14.5. The van der Waals surface area contributed by atoms with Crippen LogP contribution >= 0.6 is 0 Å². The largest absolute Gasteiger partial charge is 0.466 e. The predicted molar refractivity (Wildman–Crippen MR) is 83.8 cm³/mol. The van der Waals surface area contributed by atoms with Crippen molar-refractivity contribution in [2.75, 3.05) is 13.2 Å². The van der Waals surface area contributed by atoms with Crippen LogP contribution in [0.3, 0.4) is 0 Å². The van der Waals surface area contributed by atoms with Crippen molar-refractivity contribution in [3.05, 3.63) is 0 Å². The van der Waals surface area contributed by atoms with Crippen LogP contribution in [-0.4, -0.2) is 25.2 Å². The lowest BCUT2D eigenvalue weighted by Gasteiger charge is -2.35. The molecular weight excluding hydrogens is 282 g/mol. The Labute approximate surface area is 134 Å². The summed E-state index contributed by atoms with van der Waals surface area (Å²) in [6.45, 7) is 9.78. The summed E-state index contributed by atoms with van der Waals surface area (Å²) in [6, 6.07) is 2.34. The van der Waals surface area contributed by atoms with Crippen molar-refractivity contribution in [2.24, 2.45) is 17.3 Å². The van der Waals surface area contributed by atoms with Gasteiger partial charge in [0.15, 0.2) is 0 Å². The van der Waals surface area contributed by atoms with Gasteiger partial charge in [-0.2, -0.15) is 5.26 Å². The molecule has 0 spiro atoms. The van der Waals surface area contributed by atoms with Gasteiger partial charge in [-0.1, -0.05) is 20.3 Å². The number of hydrogen-bond acceptors (Lipinski definition) is 5. The molecule has 22 heavy (non-hydrogen) atoms. The van der Waals surface area contributed by atoms with Crippen molar-refractivity contribution in [1.82, 2.24) is 0 Å². The van der Waals surface area contributed by atoms with Crippen LogP contribution in [0.15, 0.2) is 0 Å². The van der Waals surface area contributed by atoms with E-state index in [1.807, 2.05) is 20.8 Å². The molecule has 0 aliphatic rings. The molecule has 0 radical (unpaired) electrons. The Morgan fingerprint density at radius 1 is 1.14 bits per heavy atom. The number of esters is 2. The molecular formula is C17H29NO4. The molecule has 0 N–H and O–H groups in total. The molecule has 0 saturated heterocycles. The fourth-order valence-corrected chi connectivity index (χ4v) is 2.74. The molecule has 0 heterocycles. The lowest BCUT2D eigenvalue weighted by molar-refractivity contribution is -0.158. The van der Waals surface area contributed by atoms with E-state index in [1.54, 1.807) is 13.8 Å². The van der Waals surface area contributed by atoms with E-state index in [1.165, 1.54) is 0 Å². The molecule has 3 unspecified atom stereocenters. The Kier molecular flexibility index (Phi) is 9.48. The van der Waals surface area contributed by atoms with Crippen molar-refractivity contribution in [3.63, 3.8) is 0 Å². The highest BCUT2D eigenvalue weighted by Crippen LogP contribution is 2.40. The average molecular weight is 311 g/mol. The number of hydrogen-bond donors (Lipinski definition) is 0. The first-order valence-electron chi connectivity index (χ1n) is 8.13. The third-order valence-electron chi connectivity index (χ3n) is 4.17. The lowest BCUT2D eigenvalue weighted by atomic mass is 9.67. The molecule has 5 heteroatoms. The summed E-state index contributed by atoms with van der Waals surface area (Å²) in [4.78, 5) is 24.2. The summed E-state index contributed by atoms with van der Waals surface area (Å²) >= 11 is 0. The lowest BCUT2D eigenvalue weighted by Crippen LogP contribution is -2.38. The number of carbonyl (C=O) groups is 2. The molecule has 0 fully saturated rings. The highest BCUT2D eigenvalue weighted by Gasteiger charge is 2.42. The van der Waals surface area contributed by atoms with E-state index in [9.17, 15) is 14.9 Å². The van der Waals surface area contributed by atoms with E-state index in [4.69, 9.17) is 9.47 Å². The Balaban J connectivity index is 5.50. The minimum atomic E-state index is -0.667. The van der Waals surface area contributed by atoms with Crippen molar-refractivity contribution in [1.29, 1.82) is 5.26 Å². The molecule has 0 aliphatic heterocycles. The van der Waals surface area contributed by atoms with Crippen LogP contribution in [0.2, 0.25) is 0 Å². The second-order valence-electron chi connectivity index (χ2n) is 5.65. The van der Waals surface area contributed by atoms with Crippen LogP contribution in [0.5, 0.6) is 0 Å². The SMILES string of the molecule is CCCC(C(CC(=O)OCC)C(=O)OCC)C(C)(C#N)CC. The van der Waals surface area contributed by atoms with Gasteiger partial charge < -0.3 is 9.47 Å². The summed E-state index contributed by atoms with van der Waals surface area (Å²) in [5.41, 5.74) is -0.667. The van der Waals surface area contributed by atoms with E-state index in [0.29, 0.717) is 12.8 Å². The van der Waals surface area contributed by atoms with E-state index in [2.05, 4.69) is 6.07 Å². The molecule has 0 saturated carbocycles. The fraction of sp³-hybridized carbons (Fsp3) is 0.824. The third kappa shape index (κ3) is 5.67.